The lowest BCUT2D eigenvalue weighted by molar-refractivity contribution is -0.120. The molecule has 0 saturated heterocycles. The largest absolute Gasteiger partial charge is 0.508 e. The monoisotopic (exact) mass is 494 g/mol. The molecule has 34 heavy (non-hydrogen) atoms. The number of phenols is 1. The van der Waals surface area contributed by atoms with Gasteiger partial charge in [-0.1, -0.05) is 96.8 Å². The van der Waals surface area contributed by atoms with Gasteiger partial charge in [-0.15, -0.1) is 11.8 Å². The zero-order valence-electron chi connectivity index (χ0n) is 21.8. The van der Waals surface area contributed by atoms with Crippen molar-refractivity contribution in [3.63, 3.8) is 0 Å². The van der Waals surface area contributed by atoms with Crippen molar-refractivity contribution in [2.24, 2.45) is 5.73 Å². The number of benzene rings is 1. The number of thioether (sulfide) groups is 1. The summed E-state index contributed by atoms with van der Waals surface area (Å²) in [6.45, 7) is 2.28. The Hall–Kier alpha value is -1.69. The molecule has 4 N–H and O–H groups in total. The fraction of sp³-hybridized carbons (Fsp3) is 0.714. The minimum absolute atomic E-state index is 0.0521. The number of hydrogen-bond acceptors (Lipinski definition) is 4. The van der Waals surface area contributed by atoms with E-state index in [1.54, 1.807) is 30.9 Å². The first kappa shape index (κ1) is 32.3. The molecule has 0 heterocycles. The highest BCUT2D eigenvalue weighted by atomic mass is 32.2. The van der Waals surface area contributed by atoms with Crippen LogP contribution in [0.25, 0.3) is 0 Å². The van der Waals surface area contributed by atoms with Gasteiger partial charge in [0.2, 0.25) is 11.8 Å². The van der Waals surface area contributed by atoms with Gasteiger partial charge in [0.15, 0.2) is 0 Å². The lowest BCUT2D eigenvalue weighted by atomic mass is 10.0. The highest BCUT2D eigenvalue weighted by molar-refractivity contribution is 7.99. The van der Waals surface area contributed by atoms with Gasteiger partial charge in [-0.25, -0.2) is 0 Å². The maximum absolute atomic E-state index is 10.9. The van der Waals surface area contributed by atoms with Crippen molar-refractivity contribution in [3.8, 4) is 5.75 Å². The van der Waals surface area contributed by atoms with Crippen LogP contribution in [0.15, 0.2) is 29.2 Å². The summed E-state index contributed by atoms with van der Waals surface area (Å²) < 4.78 is 0. The second-order valence-electron chi connectivity index (χ2n) is 8.93. The van der Waals surface area contributed by atoms with Crippen molar-refractivity contribution in [1.82, 2.24) is 5.32 Å². The van der Waals surface area contributed by atoms with Crippen LogP contribution in [-0.2, 0) is 9.59 Å². The van der Waals surface area contributed by atoms with Crippen LogP contribution in [0.4, 0.5) is 0 Å². The molecule has 6 heteroatoms. The summed E-state index contributed by atoms with van der Waals surface area (Å²) in [7, 11) is 1.63. The van der Waals surface area contributed by atoms with Crippen LogP contribution in [0.5, 0.6) is 5.75 Å². The molecule has 0 aliphatic rings. The first-order chi connectivity index (χ1) is 16.5. The van der Waals surface area contributed by atoms with Crippen LogP contribution in [0.1, 0.15) is 116 Å². The summed E-state index contributed by atoms with van der Waals surface area (Å²) in [6, 6.07) is 6.96. The zero-order chi connectivity index (χ0) is 25.3. The molecule has 0 spiro atoms. The molecule has 2 amide bonds. The first-order valence-electron chi connectivity index (χ1n) is 13.4. The van der Waals surface area contributed by atoms with Crippen LogP contribution in [0, 0.1) is 0 Å². The summed E-state index contributed by atoms with van der Waals surface area (Å²) in [6.07, 6.45) is 21.4. The fourth-order valence-corrected chi connectivity index (χ4v) is 4.45. The van der Waals surface area contributed by atoms with Crippen molar-refractivity contribution in [2.45, 2.75) is 121 Å². The van der Waals surface area contributed by atoms with Gasteiger partial charge >= 0.3 is 0 Å². The number of nitrogens with two attached hydrogens (primary N) is 1. The Morgan fingerprint density at radius 2 is 1.21 bits per heavy atom. The average molecular weight is 495 g/mol. The van der Waals surface area contributed by atoms with Crippen molar-refractivity contribution in [2.75, 3.05) is 12.8 Å². The quantitative estimate of drug-likeness (QED) is 0.130. The summed E-state index contributed by atoms with van der Waals surface area (Å²) in [4.78, 5) is 22.5. The third kappa shape index (κ3) is 23.5. The minimum Gasteiger partial charge on any atom is -0.508 e. The van der Waals surface area contributed by atoms with E-state index in [4.69, 9.17) is 10.8 Å². The summed E-state index contributed by atoms with van der Waals surface area (Å²) in [5.41, 5.74) is 5.11. The summed E-state index contributed by atoms with van der Waals surface area (Å²) >= 11 is 1.60. The van der Waals surface area contributed by atoms with E-state index in [0.29, 0.717) is 12.8 Å². The van der Waals surface area contributed by atoms with E-state index >= 15 is 0 Å². The molecule has 1 aromatic carbocycles. The van der Waals surface area contributed by atoms with E-state index in [0.717, 1.165) is 17.1 Å². The topological polar surface area (TPSA) is 92.4 Å². The highest BCUT2D eigenvalue weighted by Crippen LogP contribution is 2.21. The molecule has 5 nitrogen and oxygen atoms in total. The Morgan fingerprint density at radius 3 is 1.62 bits per heavy atom. The van der Waals surface area contributed by atoms with Crippen molar-refractivity contribution in [1.29, 1.82) is 0 Å². The number of carbonyl (C=O) groups excluding carboxylic acids is 2. The van der Waals surface area contributed by atoms with Crippen LogP contribution >= 0.6 is 11.8 Å². The standard InChI is InChI=1S/C18H37NO.C10H13NO2S/c1-2-3-4-5-6-7-8-9-10-11-12-13-14-15-16-17-18(19)20;1-11-10(13)6-7-14-9-4-2-8(12)3-5-9/h2-17H2,1H3,(H2,19,20);2-5,12H,6-7H2,1H3,(H,11,13). The van der Waals surface area contributed by atoms with E-state index in [9.17, 15) is 9.59 Å². The molecule has 1 rings (SSSR count). The van der Waals surface area contributed by atoms with E-state index in [1.807, 2.05) is 12.1 Å². The molecule has 1 aromatic rings. The molecule has 0 radical (unpaired) electrons. The second-order valence-corrected chi connectivity index (χ2v) is 10.1. The first-order valence-corrected chi connectivity index (χ1v) is 14.4. The smallest absolute Gasteiger partial charge is 0.220 e. The Balaban J connectivity index is 0.000000679. The van der Waals surface area contributed by atoms with E-state index in [1.165, 1.54) is 89.9 Å². The van der Waals surface area contributed by atoms with E-state index in [-0.39, 0.29) is 17.6 Å². The van der Waals surface area contributed by atoms with Crippen molar-refractivity contribution >= 4 is 23.6 Å². The molecule has 0 atom stereocenters. The molecule has 0 unspecified atom stereocenters. The van der Waals surface area contributed by atoms with Gasteiger partial charge in [0.05, 0.1) is 0 Å². The van der Waals surface area contributed by atoms with Gasteiger partial charge in [-0.2, -0.15) is 0 Å². The van der Waals surface area contributed by atoms with Gasteiger partial charge in [-0.3, -0.25) is 9.59 Å². The molecule has 196 valence electrons. The lowest BCUT2D eigenvalue weighted by Crippen LogP contribution is -2.17. The SMILES string of the molecule is CCCCCCCCCCCCCCCCCC(N)=O.CNC(=O)CCSc1ccc(O)cc1. The van der Waals surface area contributed by atoms with Gasteiger partial charge in [0.25, 0.3) is 0 Å². The van der Waals surface area contributed by atoms with Gasteiger partial charge in [0, 0.05) is 30.5 Å². The lowest BCUT2D eigenvalue weighted by Gasteiger charge is -2.03. The van der Waals surface area contributed by atoms with Gasteiger partial charge in [-0.05, 0) is 30.7 Å². The molecule has 0 aliphatic heterocycles. The predicted molar refractivity (Wildman–Crippen MR) is 146 cm³/mol. The van der Waals surface area contributed by atoms with Crippen LogP contribution in [-0.4, -0.2) is 29.7 Å². The molecule has 0 saturated carbocycles. The Bertz CT molecular complexity index is 608. The number of hydrogen-bond donors (Lipinski definition) is 3. The minimum atomic E-state index is -0.153. The summed E-state index contributed by atoms with van der Waals surface area (Å²) in [5.74, 6) is 0.918. The Kier molecular flexibility index (Phi) is 23.2. The number of carbonyl (C=O) groups is 2. The number of phenolic OH excluding ortho intramolecular Hbond substituents is 1. The number of rotatable bonds is 20. The van der Waals surface area contributed by atoms with Crippen molar-refractivity contribution in [3.05, 3.63) is 24.3 Å². The van der Waals surface area contributed by atoms with Crippen molar-refractivity contribution < 1.29 is 14.7 Å². The molecular formula is C28H50N2O3S. The molecule has 0 aliphatic carbocycles. The summed E-state index contributed by atoms with van der Waals surface area (Å²) in [5, 5.41) is 11.6. The average Bonchev–Trinajstić information content (AvgIpc) is 2.83. The maximum atomic E-state index is 10.9. The zero-order valence-corrected chi connectivity index (χ0v) is 22.6. The molecule has 0 bridgehead atoms. The Morgan fingerprint density at radius 1 is 0.765 bits per heavy atom. The number of aromatic hydroxyl groups is 1. The predicted octanol–water partition coefficient (Wildman–Crippen LogP) is 7.35. The number of primary amides is 1. The van der Waals surface area contributed by atoms with E-state index in [2.05, 4.69) is 12.2 Å². The number of amides is 2. The third-order valence-corrected chi connectivity index (χ3v) is 6.75. The normalized spacial score (nSPS) is 10.4. The third-order valence-electron chi connectivity index (χ3n) is 5.74. The second kappa shape index (κ2) is 24.4. The molecule has 0 fully saturated rings. The van der Waals surface area contributed by atoms with E-state index < -0.39 is 0 Å². The van der Waals surface area contributed by atoms with Crippen LogP contribution in [0.2, 0.25) is 0 Å². The van der Waals surface area contributed by atoms with Crippen LogP contribution < -0.4 is 11.1 Å². The van der Waals surface area contributed by atoms with Crippen LogP contribution in [0.3, 0.4) is 0 Å². The molecule has 0 aromatic heterocycles. The van der Waals surface area contributed by atoms with Gasteiger partial charge < -0.3 is 16.2 Å². The fourth-order valence-electron chi connectivity index (χ4n) is 3.60. The van der Waals surface area contributed by atoms with Gasteiger partial charge in [0.1, 0.15) is 5.75 Å². The number of nitrogens with one attached hydrogen (secondary N) is 1. The highest BCUT2D eigenvalue weighted by Gasteiger charge is 1.99. The number of unbranched alkanes of at least 4 members (excludes halogenated alkanes) is 14. The Labute approximate surface area is 213 Å². The maximum Gasteiger partial charge on any atom is 0.220 e. The molecular weight excluding hydrogens is 444 g/mol.